The molecule has 1 heterocycles. The summed E-state index contributed by atoms with van der Waals surface area (Å²) >= 11 is 0. The number of rotatable bonds is 5. The van der Waals surface area contributed by atoms with Crippen molar-refractivity contribution in [1.29, 1.82) is 0 Å². The fourth-order valence-electron chi connectivity index (χ4n) is 2.39. The summed E-state index contributed by atoms with van der Waals surface area (Å²) in [5.41, 5.74) is 0. The predicted octanol–water partition coefficient (Wildman–Crippen LogP) is 0.470. The lowest BCUT2D eigenvalue weighted by Crippen LogP contribution is -2.59. The van der Waals surface area contributed by atoms with Crippen molar-refractivity contribution in [1.82, 2.24) is 5.32 Å². The Hall–Kier alpha value is -1.20. The molecule has 1 aliphatic heterocycles. The first-order valence-electron chi connectivity index (χ1n) is 7.21. The van der Waals surface area contributed by atoms with E-state index >= 15 is 0 Å². The van der Waals surface area contributed by atoms with E-state index in [1.807, 2.05) is 13.8 Å². The minimum Gasteiger partial charge on any atom is -0.463 e. The Kier molecular flexibility index (Phi) is 7.23. The van der Waals surface area contributed by atoms with Gasteiger partial charge in [-0.25, -0.2) is 0 Å². The molecule has 0 aromatic carbocycles. The van der Waals surface area contributed by atoms with Gasteiger partial charge in [0.05, 0.1) is 12.1 Å². The number of hydrogen-bond acceptors (Lipinski definition) is 6. The highest BCUT2D eigenvalue weighted by atomic mass is 31.0. The maximum Gasteiger partial charge on any atom is 0.305 e. The van der Waals surface area contributed by atoms with Gasteiger partial charge in [-0.2, -0.15) is 0 Å². The first-order chi connectivity index (χ1) is 10.3. The summed E-state index contributed by atoms with van der Waals surface area (Å²) in [5, 5.41) is 2.82. The maximum absolute atomic E-state index is 11.7. The summed E-state index contributed by atoms with van der Waals surface area (Å²) in [7, 11) is 2.34. The molecule has 0 radical (unpaired) electrons. The molecule has 1 saturated heterocycles. The molecule has 4 unspecified atom stereocenters. The number of esters is 2. The number of nitrogens with one attached hydrogen (secondary N) is 1. The van der Waals surface area contributed by atoms with E-state index in [2.05, 4.69) is 14.6 Å². The molecule has 0 spiro atoms. The largest absolute Gasteiger partial charge is 0.463 e. The fraction of sp³-hybridized carbons (Fsp3) is 0.786. The highest BCUT2D eigenvalue weighted by Gasteiger charge is 2.44. The van der Waals surface area contributed by atoms with Crippen molar-refractivity contribution in [3.63, 3.8) is 0 Å². The third-order valence-corrected chi connectivity index (χ3v) is 4.20. The van der Waals surface area contributed by atoms with Crippen LogP contribution in [0.15, 0.2) is 0 Å². The molecule has 0 saturated carbocycles. The molecule has 8 heteroatoms. The van der Waals surface area contributed by atoms with E-state index in [0.717, 1.165) is 0 Å². The van der Waals surface area contributed by atoms with Gasteiger partial charge in [0, 0.05) is 20.0 Å². The molecule has 7 nitrogen and oxygen atoms in total. The molecule has 6 atom stereocenters. The van der Waals surface area contributed by atoms with Crippen LogP contribution in [0.2, 0.25) is 0 Å². The maximum atomic E-state index is 11.7. The smallest absolute Gasteiger partial charge is 0.305 e. The SMILES string of the molecule is CC(=O)OCC1OC(OC(C)=O)C(NC(=O)CP)[C@@H](C)[C@@H]1C. The molecule has 22 heavy (non-hydrogen) atoms. The van der Waals surface area contributed by atoms with Gasteiger partial charge >= 0.3 is 11.9 Å². The van der Waals surface area contributed by atoms with Gasteiger partial charge in [0.2, 0.25) is 12.2 Å². The number of amides is 1. The van der Waals surface area contributed by atoms with E-state index in [1.165, 1.54) is 13.8 Å². The first kappa shape index (κ1) is 18.8. The Bertz CT molecular complexity index is 430. The lowest BCUT2D eigenvalue weighted by molar-refractivity contribution is -0.238. The van der Waals surface area contributed by atoms with Crippen LogP contribution >= 0.6 is 9.24 Å². The Morgan fingerprint density at radius 1 is 1.14 bits per heavy atom. The van der Waals surface area contributed by atoms with Gasteiger partial charge in [-0.05, 0) is 11.8 Å². The van der Waals surface area contributed by atoms with Crippen molar-refractivity contribution >= 4 is 27.1 Å². The topological polar surface area (TPSA) is 90.9 Å². The molecule has 0 aromatic rings. The molecule has 1 aliphatic rings. The van der Waals surface area contributed by atoms with Crippen molar-refractivity contribution in [3.05, 3.63) is 0 Å². The second kappa shape index (κ2) is 8.44. The summed E-state index contributed by atoms with van der Waals surface area (Å²) in [5.74, 6) is -1.07. The van der Waals surface area contributed by atoms with Crippen molar-refractivity contribution in [2.75, 3.05) is 12.8 Å². The normalized spacial score (nSPS) is 31.2. The Morgan fingerprint density at radius 3 is 2.27 bits per heavy atom. The monoisotopic (exact) mass is 333 g/mol. The van der Waals surface area contributed by atoms with Crippen molar-refractivity contribution in [2.45, 2.75) is 46.1 Å². The van der Waals surface area contributed by atoms with Gasteiger partial charge < -0.3 is 19.5 Å². The molecule has 0 bridgehead atoms. The highest BCUT2D eigenvalue weighted by Crippen LogP contribution is 2.31. The van der Waals surface area contributed by atoms with Gasteiger partial charge in [-0.1, -0.05) is 13.8 Å². The van der Waals surface area contributed by atoms with Crippen LogP contribution in [0.4, 0.5) is 0 Å². The second-order valence-electron chi connectivity index (χ2n) is 5.47. The summed E-state index contributed by atoms with van der Waals surface area (Å²) in [6.07, 6.45) is -1.04. The van der Waals surface area contributed by atoms with Crippen LogP contribution in [0, 0.1) is 11.8 Å². The molecule has 1 rings (SSSR count). The van der Waals surface area contributed by atoms with Crippen molar-refractivity contribution in [3.8, 4) is 0 Å². The van der Waals surface area contributed by atoms with Crippen LogP contribution in [-0.2, 0) is 28.6 Å². The van der Waals surface area contributed by atoms with Gasteiger partial charge in [-0.15, -0.1) is 9.24 Å². The van der Waals surface area contributed by atoms with Crippen LogP contribution in [0.1, 0.15) is 27.7 Å². The van der Waals surface area contributed by atoms with Gasteiger partial charge in [0.15, 0.2) is 0 Å². The van der Waals surface area contributed by atoms with Crippen LogP contribution in [0.25, 0.3) is 0 Å². The van der Waals surface area contributed by atoms with Gasteiger partial charge in [-0.3, -0.25) is 14.4 Å². The van der Waals surface area contributed by atoms with E-state index in [1.54, 1.807) is 0 Å². The third kappa shape index (κ3) is 5.21. The van der Waals surface area contributed by atoms with E-state index in [9.17, 15) is 14.4 Å². The highest BCUT2D eigenvalue weighted by molar-refractivity contribution is 7.18. The van der Waals surface area contributed by atoms with Gasteiger partial charge in [0.25, 0.3) is 0 Å². The number of ether oxygens (including phenoxy) is 3. The molecule has 0 aliphatic carbocycles. The quantitative estimate of drug-likeness (QED) is 0.581. The van der Waals surface area contributed by atoms with E-state index in [0.29, 0.717) is 0 Å². The van der Waals surface area contributed by atoms with E-state index in [4.69, 9.17) is 14.2 Å². The molecule has 0 aromatic heterocycles. The average Bonchev–Trinajstić information content (AvgIpc) is 2.44. The number of carbonyl (C=O) groups is 3. The second-order valence-corrected chi connectivity index (χ2v) is 5.88. The minimum atomic E-state index is -0.898. The standard InChI is InChI=1S/C14H24NO6P/c1-7-8(2)13(15-12(18)6-22)14(20-10(4)17)21-11(7)5-19-9(3)16/h7-8,11,13-14H,5-6,22H2,1-4H3,(H,15,18)/t7-,8-,11?,13?,14?/m0/s1. The number of carbonyl (C=O) groups excluding carboxylic acids is 3. The number of hydrogen-bond donors (Lipinski definition) is 1. The minimum absolute atomic E-state index is 0.0147. The zero-order chi connectivity index (χ0) is 16.9. The molecule has 1 amide bonds. The van der Waals surface area contributed by atoms with Crippen LogP contribution in [0.5, 0.6) is 0 Å². The molecular weight excluding hydrogens is 309 g/mol. The van der Waals surface area contributed by atoms with Crippen LogP contribution < -0.4 is 5.32 Å². The summed E-state index contributed by atoms with van der Waals surface area (Å²) in [4.78, 5) is 33.9. The lowest BCUT2D eigenvalue weighted by atomic mass is 9.82. The Morgan fingerprint density at radius 2 is 1.77 bits per heavy atom. The zero-order valence-corrected chi connectivity index (χ0v) is 14.5. The lowest BCUT2D eigenvalue weighted by Gasteiger charge is -2.43. The molecule has 1 fully saturated rings. The fourth-order valence-corrected chi connectivity index (χ4v) is 2.51. The molecule has 126 valence electrons. The Labute approximate surface area is 132 Å². The van der Waals surface area contributed by atoms with E-state index < -0.39 is 30.4 Å². The van der Waals surface area contributed by atoms with Gasteiger partial charge in [0.1, 0.15) is 6.61 Å². The summed E-state index contributed by atoms with van der Waals surface area (Å²) < 4.78 is 15.9. The third-order valence-electron chi connectivity index (χ3n) is 3.83. The zero-order valence-electron chi connectivity index (χ0n) is 13.3. The predicted molar refractivity (Wildman–Crippen MR) is 81.9 cm³/mol. The summed E-state index contributed by atoms with van der Waals surface area (Å²) in [6, 6.07) is -0.444. The van der Waals surface area contributed by atoms with Crippen LogP contribution in [-0.4, -0.2) is 49.1 Å². The molecule has 1 N–H and O–H groups in total. The summed E-state index contributed by atoms with van der Waals surface area (Å²) in [6.45, 7) is 6.58. The first-order valence-corrected chi connectivity index (χ1v) is 8.03. The average molecular weight is 333 g/mol. The molecular formula is C14H24NO6P. The van der Waals surface area contributed by atoms with Crippen molar-refractivity contribution < 1.29 is 28.6 Å². The Balaban J connectivity index is 2.86. The van der Waals surface area contributed by atoms with Crippen LogP contribution in [0.3, 0.4) is 0 Å². The van der Waals surface area contributed by atoms with E-state index in [-0.39, 0.29) is 30.5 Å². The van der Waals surface area contributed by atoms with Crippen molar-refractivity contribution in [2.24, 2.45) is 11.8 Å².